The average molecular weight is 310 g/mol. The van der Waals surface area contributed by atoms with E-state index in [1.54, 1.807) is 12.1 Å². The predicted molar refractivity (Wildman–Crippen MR) is 87.5 cm³/mol. The number of nitrogens with one attached hydrogen (secondary N) is 1. The Labute approximate surface area is 131 Å². The first-order valence-electron chi connectivity index (χ1n) is 7.62. The van der Waals surface area contributed by atoms with E-state index < -0.39 is 0 Å². The number of carbonyl (C=O) groups is 1. The number of hydrogen-bond acceptors (Lipinski definition) is 3. The molecule has 1 fully saturated rings. The van der Waals surface area contributed by atoms with Crippen LogP contribution in [0.15, 0.2) is 24.3 Å². The number of piperidine rings is 1. The van der Waals surface area contributed by atoms with Crippen LogP contribution in [0.2, 0.25) is 5.02 Å². The van der Waals surface area contributed by atoms with E-state index in [0.717, 1.165) is 38.2 Å². The second-order valence-corrected chi connectivity index (χ2v) is 6.17. The maximum absolute atomic E-state index is 12.0. The van der Waals surface area contributed by atoms with Crippen LogP contribution in [0.4, 0.5) is 5.69 Å². The van der Waals surface area contributed by atoms with Gasteiger partial charge in [-0.05, 0) is 37.1 Å². The minimum Gasteiger partial charge on any atom is -0.327 e. The Hall–Kier alpha value is -1.10. The molecule has 2 rings (SSSR count). The van der Waals surface area contributed by atoms with E-state index in [2.05, 4.69) is 17.1 Å². The number of rotatable bonds is 5. The lowest BCUT2D eigenvalue weighted by Crippen LogP contribution is -2.47. The summed E-state index contributed by atoms with van der Waals surface area (Å²) >= 11 is 5.90. The molecule has 21 heavy (non-hydrogen) atoms. The summed E-state index contributed by atoms with van der Waals surface area (Å²) in [5.74, 6) is 0.579. The normalized spacial score (nSPS) is 23.0. The van der Waals surface area contributed by atoms with Gasteiger partial charge in [0.15, 0.2) is 0 Å². The number of nitrogens with zero attached hydrogens (tertiary/aromatic N) is 1. The van der Waals surface area contributed by atoms with Crippen LogP contribution in [-0.2, 0) is 4.79 Å². The third-order valence-corrected chi connectivity index (χ3v) is 4.40. The number of carbonyl (C=O) groups excluding carboxylic acids is 1. The van der Waals surface area contributed by atoms with Crippen molar-refractivity contribution >= 4 is 23.2 Å². The summed E-state index contributed by atoms with van der Waals surface area (Å²) in [7, 11) is 0. The number of benzene rings is 1. The highest BCUT2D eigenvalue weighted by atomic mass is 35.5. The molecule has 3 N–H and O–H groups in total. The summed E-state index contributed by atoms with van der Waals surface area (Å²) in [6.45, 7) is 4.96. The molecular weight excluding hydrogens is 286 g/mol. The van der Waals surface area contributed by atoms with Gasteiger partial charge >= 0.3 is 0 Å². The van der Waals surface area contributed by atoms with Crippen molar-refractivity contribution in [2.45, 2.75) is 32.2 Å². The topological polar surface area (TPSA) is 58.4 Å². The number of likely N-dealkylation sites (tertiary alicyclic amines) is 1. The molecule has 0 bridgehead atoms. The summed E-state index contributed by atoms with van der Waals surface area (Å²) in [5, 5.41) is 3.51. The number of hydrogen-bond donors (Lipinski definition) is 2. The summed E-state index contributed by atoms with van der Waals surface area (Å²) < 4.78 is 0. The van der Waals surface area contributed by atoms with Gasteiger partial charge in [-0.2, -0.15) is 0 Å². The number of anilines is 1. The highest BCUT2D eigenvalue weighted by Crippen LogP contribution is 2.19. The number of nitrogens with two attached hydrogens (primary N) is 1. The van der Waals surface area contributed by atoms with Crippen molar-refractivity contribution in [2.24, 2.45) is 11.7 Å². The van der Waals surface area contributed by atoms with Crippen molar-refractivity contribution in [1.29, 1.82) is 0 Å². The van der Waals surface area contributed by atoms with Gasteiger partial charge in [0.2, 0.25) is 5.91 Å². The van der Waals surface area contributed by atoms with Gasteiger partial charge < -0.3 is 16.0 Å². The molecule has 1 amide bonds. The van der Waals surface area contributed by atoms with Crippen molar-refractivity contribution in [3.63, 3.8) is 0 Å². The van der Waals surface area contributed by atoms with E-state index in [1.807, 2.05) is 12.1 Å². The molecule has 1 aliphatic rings. The molecule has 1 aliphatic heterocycles. The van der Waals surface area contributed by atoms with E-state index in [-0.39, 0.29) is 5.91 Å². The summed E-state index contributed by atoms with van der Waals surface area (Å²) in [6, 6.07) is 7.53. The van der Waals surface area contributed by atoms with Crippen LogP contribution >= 0.6 is 11.6 Å². The van der Waals surface area contributed by atoms with Gasteiger partial charge in [0.1, 0.15) is 0 Å². The predicted octanol–water partition coefficient (Wildman–Crippen LogP) is 2.73. The van der Waals surface area contributed by atoms with Crippen LogP contribution in [0, 0.1) is 5.92 Å². The molecule has 1 aromatic rings. The molecule has 5 heteroatoms. The molecule has 116 valence electrons. The Kier molecular flexibility index (Phi) is 6.03. The van der Waals surface area contributed by atoms with Gasteiger partial charge in [0.25, 0.3) is 0 Å². The molecule has 0 aromatic heterocycles. The zero-order valence-corrected chi connectivity index (χ0v) is 13.3. The molecule has 0 radical (unpaired) electrons. The third-order valence-electron chi connectivity index (χ3n) is 4.16. The zero-order chi connectivity index (χ0) is 15.2. The lowest BCUT2D eigenvalue weighted by Gasteiger charge is -2.36. The van der Waals surface area contributed by atoms with Gasteiger partial charge in [-0.3, -0.25) is 4.79 Å². The lowest BCUT2D eigenvalue weighted by atomic mass is 9.90. The zero-order valence-electron chi connectivity index (χ0n) is 12.5. The van der Waals surface area contributed by atoms with Crippen LogP contribution in [0.3, 0.4) is 0 Å². The smallest absolute Gasteiger partial charge is 0.225 e. The summed E-state index contributed by atoms with van der Waals surface area (Å²) in [5.41, 5.74) is 6.86. The van der Waals surface area contributed by atoms with Crippen LogP contribution in [0.1, 0.15) is 26.2 Å². The van der Waals surface area contributed by atoms with Crippen molar-refractivity contribution in [2.75, 3.05) is 25.0 Å². The van der Waals surface area contributed by atoms with Gasteiger partial charge in [0.05, 0.1) is 0 Å². The Balaban J connectivity index is 1.76. The Bertz CT molecular complexity index is 480. The van der Waals surface area contributed by atoms with Gasteiger partial charge in [0, 0.05) is 36.3 Å². The van der Waals surface area contributed by atoms with Crippen LogP contribution in [0.5, 0.6) is 0 Å². The van der Waals surface area contributed by atoms with Gasteiger partial charge in [-0.15, -0.1) is 0 Å². The fourth-order valence-corrected chi connectivity index (χ4v) is 3.00. The van der Waals surface area contributed by atoms with Crippen LogP contribution in [0.25, 0.3) is 0 Å². The molecule has 1 saturated heterocycles. The molecule has 1 aromatic carbocycles. The van der Waals surface area contributed by atoms with Crippen molar-refractivity contribution in [3.8, 4) is 0 Å². The molecule has 0 spiro atoms. The second kappa shape index (κ2) is 7.78. The Morgan fingerprint density at radius 1 is 1.52 bits per heavy atom. The Morgan fingerprint density at radius 2 is 2.33 bits per heavy atom. The second-order valence-electron chi connectivity index (χ2n) is 5.73. The van der Waals surface area contributed by atoms with Crippen molar-refractivity contribution in [3.05, 3.63) is 29.3 Å². The number of halogens is 1. The fourth-order valence-electron chi connectivity index (χ4n) is 2.81. The summed E-state index contributed by atoms with van der Waals surface area (Å²) in [6.07, 6.45) is 2.62. The van der Waals surface area contributed by atoms with E-state index in [0.29, 0.717) is 23.4 Å². The first-order chi connectivity index (χ1) is 10.1. The SMILES string of the molecule is CCC1CN(CCC(=O)Nc2cccc(Cl)c2)CCC1N. The average Bonchev–Trinajstić information content (AvgIpc) is 2.46. The van der Waals surface area contributed by atoms with Gasteiger partial charge in [-0.1, -0.05) is 31.0 Å². The largest absolute Gasteiger partial charge is 0.327 e. The maximum Gasteiger partial charge on any atom is 0.225 e. The molecule has 0 aliphatic carbocycles. The molecule has 2 atom stereocenters. The quantitative estimate of drug-likeness (QED) is 0.879. The standard InChI is InChI=1S/C16H24ClN3O/c1-2-12-11-20(8-6-15(12)18)9-7-16(21)19-14-5-3-4-13(17)10-14/h3-5,10,12,15H,2,6-9,11,18H2,1H3,(H,19,21). The first-order valence-corrected chi connectivity index (χ1v) is 7.99. The van der Waals surface area contributed by atoms with E-state index >= 15 is 0 Å². The van der Waals surface area contributed by atoms with E-state index in [4.69, 9.17) is 17.3 Å². The number of amides is 1. The highest BCUT2D eigenvalue weighted by molar-refractivity contribution is 6.30. The third kappa shape index (κ3) is 4.99. The van der Waals surface area contributed by atoms with Crippen LogP contribution < -0.4 is 11.1 Å². The monoisotopic (exact) mass is 309 g/mol. The molecule has 2 unspecified atom stereocenters. The summed E-state index contributed by atoms with van der Waals surface area (Å²) in [4.78, 5) is 14.3. The van der Waals surface area contributed by atoms with Gasteiger partial charge in [-0.25, -0.2) is 0 Å². The van der Waals surface area contributed by atoms with E-state index in [9.17, 15) is 4.79 Å². The minimum absolute atomic E-state index is 0.0280. The van der Waals surface area contributed by atoms with E-state index in [1.165, 1.54) is 0 Å². The lowest BCUT2D eigenvalue weighted by molar-refractivity contribution is -0.116. The first kappa shape index (κ1) is 16.3. The maximum atomic E-state index is 12.0. The van der Waals surface area contributed by atoms with Crippen molar-refractivity contribution in [1.82, 2.24) is 4.90 Å². The molecule has 4 nitrogen and oxygen atoms in total. The van der Waals surface area contributed by atoms with Crippen LogP contribution in [-0.4, -0.2) is 36.5 Å². The minimum atomic E-state index is 0.0280. The molecular formula is C16H24ClN3O. The van der Waals surface area contributed by atoms with Crippen molar-refractivity contribution < 1.29 is 4.79 Å². The Morgan fingerprint density at radius 3 is 3.05 bits per heavy atom. The fraction of sp³-hybridized carbons (Fsp3) is 0.562. The molecule has 1 heterocycles. The highest BCUT2D eigenvalue weighted by Gasteiger charge is 2.25. The molecule has 0 saturated carbocycles.